The summed E-state index contributed by atoms with van der Waals surface area (Å²) in [6, 6.07) is 13.5. The molecule has 1 aliphatic heterocycles. The highest BCUT2D eigenvalue weighted by atomic mass is 32.1. The molecule has 2 aromatic rings. The minimum Gasteiger partial charge on any atom is -0.343 e. The van der Waals surface area contributed by atoms with Crippen LogP contribution in [0.2, 0.25) is 0 Å². The molecule has 0 aliphatic carbocycles. The molecule has 0 radical (unpaired) electrons. The first kappa shape index (κ1) is 16.7. The summed E-state index contributed by atoms with van der Waals surface area (Å²) in [6.07, 6.45) is 2.51. The van der Waals surface area contributed by atoms with Crippen LogP contribution in [0.1, 0.15) is 46.6 Å². The summed E-state index contributed by atoms with van der Waals surface area (Å²) < 4.78 is 0. The number of nitriles is 1. The Bertz CT molecular complexity index is 712. The zero-order valence-electron chi connectivity index (χ0n) is 13.8. The molecule has 1 aromatic heterocycles. The van der Waals surface area contributed by atoms with Gasteiger partial charge in [0, 0.05) is 18.4 Å². The van der Waals surface area contributed by atoms with E-state index in [2.05, 4.69) is 35.8 Å². The number of amides is 1. The van der Waals surface area contributed by atoms with E-state index in [1.165, 1.54) is 30.8 Å². The Morgan fingerprint density at radius 3 is 2.54 bits per heavy atom. The van der Waals surface area contributed by atoms with Crippen molar-refractivity contribution in [1.29, 1.82) is 5.26 Å². The summed E-state index contributed by atoms with van der Waals surface area (Å²) in [5.74, 6) is -0.0767. The lowest BCUT2D eigenvalue weighted by molar-refractivity contribution is -0.920. The number of nitrogens with zero attached hydrogens (tertiary/aromatic N) is 1. The first-order valence-corrected chi connectivity index (χ1v) is 9.26. The van der Waals surface area contributed by atoms with Crippen LogP contribution in [0.25, 0.3) is 0 Å². The van der Waals surface area contributed by atoms with Gasteiger partial charge in [0.05, 0.1) is 35.6 Å². The molecule has 2 atom stereocenters. The van der Waals surface area contributed by atoms with Crippen molar-refractivity contribution in [1.82, 2.24) is 5.32 Å². The van der Waals surface area contributed by atoms with Gasteiger partial charge in [-0.3, -0.25) is 4.79 Å². The van der Waals surface area contributed by atoms with E-state index in [0.29, 0.717) is 17.2 Å². The normalized spacial score (nSPS) is 17.2. The van der Waals surface area contributed by atoms with Gasteiger partial charge >= 0.3 is 0 Å². The van der Waals surface area contributed by atoms with Crippen LogP contribution in [0.3, 0.4) is 0 Å². The molecule has 2 heterocycles. The predicted molar refractivity (Wildman–Crippen MR) is 95.1 cm³/mol. The maximum absolute atomic E-state index is 12.5. The van der Waals surface area contributed by atoms with Crippen molar-refractivity contribution < 1.29 is 9.69 Å². The standard InChI is InChI=1S/C19H21N3OS/c1-14(21-19(23)16-8-6-15(13-20)7-9-16)18(17-5-4-12-24-17)22-10-2-3-11-22/h4-9,12,14,18H,2-3,10-11H2,1H3,(H,21,23)/p+1/t14-,18+/m1/s1. The highest BCUT2D eigenvalue weighted by Gasteiger charge is 2.33. The molecule has 0 bridgehead atoms. The predicted octanol–water partition coefficient (Wildman–Crippen LogP) is 2.16. The molecule has 0 unspecified atom stereocenters. The van der Waals surface area contributed by atoms with Crippen LogP contribution in [-0.2, 0) is 0 Å². The lowest BCUT2D eigenvalue weighted by atomic mass is 10.1. The molecular weight excluding hydrogens is 318 g/mol. The summed E-state index contributed by atoms with van der Waals surface area (Å²) in [4.78, 5) is 15.4. The van der Waals surface area contributed by atoms with Crippen LogP contribution in [0, 0.1) is 11.3 Å². The number of benzene rings is 1. The lowest BCUT2D eigenvalue weighted by Crippen LogP contribution is -3.11. The van der Waals surface area contributed by atoms with Crippen molar-refractivity contribution in [2.45, 2.75) is 31.8 Å². The number of carbonyl (C=O) groups is 1. The second kappa shape index (κ2) is 7.61. The van der Waals surface area contributed by atoms with Crippen molar-refractivity contribution in [3.05, 3.63) is 57.8 Å². The summed E-state index contributed by atoms with van der Waals surface area (Å²) in [5, 5.41) is 14.1. The van der Waals surface area contributed by atoms with Crippen LogP contribution in [0.4, 0.5) is 0 Å². The van der Waals surface area contributed by atoms with Gasteiger partial charge in [-0.05, 0) is 42.6 Å². The third-order valence-electron chi connectivity index (χ3n) is 4.67. The van der Waals surface area contributed by atoms with Crippen molar-refractivity contribution in [3.63, 3.8) is 0 Å². The molecule has 1 amide bonds. The van der Waals surface area contributed by atoms with Gasteiger partial charge in [-0.2, -0.15) is 5.26 Å². The zero-order chi connectivity index (χ0) is 16.9. The van der Waals surface area contributed by atoms with Crippen LogP contribution in [0.15, 0.2) is 41.8 Å². The van der Waals surface area contributed by atoms with E-state index in [4.69, 9.17) is 5.26 Å². The molecule has 3 rings (SSSR count). The molecule has 1 fully saturated rings. The number of nitrogens with one attached hydrogen (secondary N) is 2. The summed E-state index contributed by atoms with van der Waals surface area (Å²) in [6.45, 7) is 4.43. The van der Waals surface area contributed by atoms with E-state index < -0.39 is 0 Å². The highest BCUT2D eigenvalue weighted by Crippen LogP contribution is 2.21. The van der Waals surface area contributed by atoms with Crippen LogP contribution < -0.4 is 10.2 Å². The Hall–Kier alpha value is -2.16. The van der Waals surface area contributed by atoms with Gasteiger partial charge in [0.15, 0.2) is 0 Å². The number of likely N-dealkylation sites (tertiary alicyclic amines) is 1. The minimum atomic E-state index is -0.0767. The van der Waals surface area contributed by atoms with Crippen molar-refractivity contribution in [2.24, 2.45) is 0 Å². The largest absolute Gasteiger partial charge is 0.343 e. The lowest BCUT2D eigenvalue weighted by Gasteiger charge is -2.29. The number of hydrogen-bond donors (Lipinski definition) is 2. The number of rotatable bonds is 5. The van der Waals surface area contributed by atoms with Gasteiger partial charge in [-0.25, -0.2) is 0 Å². The van der Waals surface area contributed by atoms with Crippen molar-refractivity contribution >= 4 is 17.2 Å². The second-order valence-corrected chi connectivity index (χ2v) is 7.29. The topological polar surface area (TPSA) is 57.3 Å². The molecule has 4 nitrogen and oxygen atoms in total. The molecule has 124 valence electrons. The average Bonchev–Trinajstić information content (AvgIpc) is 3.29. The highest BCUT2D eigenvalue weighted by molar-refractivity contribution is 7.10. The molecule has 0 saturated carbocycles. The second-order valence-electron chi connectivity index (χ2n) is 6.31. The first-order valence-electron chi connectivity index (χ1n) is 8.38. The average molecular weight is 340 g/mol. The van der Waals surface area contributed by atoms with Gasteiger partial charge in [0.1, 0.15) is 6.04 Å². The fourth-order valence-electron chi connectivity index (χ4n) is 3.48. The Morgan fingerprint density at radius 2 is 1.96 bits per heavy atom. The molecule has 5 heteroatoms. The molecule has 1 aliphatic rings. The summed E-state index contributed by atoms with van der Waals surface area (Å²) in [7, 11) is 0. The first-order chi connectivity index (χ1) is 11.7. The number of hydrogen-bond acceptors (Lipinski definition) is 3. The molecule has 24 heavy (non-hydrogen) atoms. The fourth-order valence-corrected chi connectivity index (χ4v) is 4.47. The Labute approximate surface area is 146 Å². The SMILES string of the molecule is C[C@@H](NC(=O)c1ccc(C#N)cc1)[C@@H](c1cccs1)[NH+]1CCCC1. The van der Waals surface area contributed by atoms with Gasteiger partial charge in [0.25, 0.3) is 5.91 Å². The smallest absolute Gasteiger partial charge is 0.251 e. The van der Waals surface area contributed by atoms with E-state index in [9.17, 15) is 4.79 Å². The Balaban J connectivity index is 1.73. The van der Waals surface area contributed by atoms with E-state index in [0.717, 1.165) is 0 Å². The number of quaternary nitrogens is 1. The molecular formula is C19H22N3OS+. The maximum Gasteiger partial charge on any atom is 0.251 e. The van der Waals surface area contributed by atoms with E-state index in [1.54, 1.807) is 40.5 Å². The quantitative estimate of drug-likeness (QED) is 0.876. The number of carbonyl (C=O) groups excluding carboxylic acids is 1. The van der Waals surface area contributed by atoms with Crippen molar-refractivity contribution in [2.75, 3.05) is 13.1 Å². The molecule has 1 saturated heterocycles. The maximum atomic E-state index is 12.5. The fraction of sp³-hybridized carbons (Fsp3) is 0.368. The van der Waals surface area contributed by atoms with Crippen molar-refractivity contribution in [3.8, 4) is 6.07 Å². The van der Waals surface area contributed by atoms with Crippen LogP contribution in [-0.4, -0.2) is 25.0 Å². The molecule has 0 spiro atoms. The molecule has 2 N–H and O–H groups in total. The summed E-state index contributed by atoms with van der Waals surface area (Å²) >= 11 is 1.77. The van der Waals surface area contributed by atoms with E-state index in [1.807, 2.05) is 0 Å². The van der Waals surface area contributed by atoms with Crippen LogP contribution >= 0.6 is 11.3 Å². The van der Waals surface area contributed by atoms with E-state index in [-0.39, 0.29) is 11.9 Å². The third-order valence-corrected chi connectivity index (χ3v) is 5.63. The van der Waals surface area contributed by atoms with Gasteiger partial charge in [0.2, 0.25) is 0 Å². The Kier molecular flexibility index (Phi) is 5.29. The number of thiophene rings is 1. The van der Waals surface area contributed by atoms with E-state index >= 15 is 0 Å². The Morgan fingerprint density at radius 1 is 1.25 bits per heavy atom. The summed E-state index contributed by atoms with van der Waals surface area (Å²) in [5.41, 5.74) is 1.17. The third kappa shape index (κ3) is 3.66. The monoisotopic (exact) mass is 340 g/mol. The van der Waals surface area contributed by atoms with Crippen LogP contribution in [0.5, 0.6) is 0 Å². The van der Waals surface area contributed by atoms with Gasteiger partial charge in [-0.15, -0.1) is 11.3 Å². The van der Waals surface area contributed by atoms with Gasteiger partial charge in [-0.1, -0.05) is 6.07 Å². The van der Waals surface area contributed by atoms with Gasteiger partial charge < -0.3 is 10.2 Å². The molecule has 1 aromatic carbocycles. The minimum absolute atomic E-state index is 0.0555. The zero-order valence-corrected chi connectivity index (χ0v) is 14.6.